The maximum absolute atomic E-state index is 10.8. The van der Waals surface area contributed by atoms with Gasteiger partial charge >= 0.3 is 0 Å². The number of benzene rings is 1. The van der Waals surface area contributed by atoms with Crippen molar-refractivity contribution < 1.29 is 14.9 Å². The largest absolute Gasteiger partial charge is 0.492 e. The summed E-state index contributed by atoms with van der Waals surface area (Å²) in [5.74, 6) is 0.858. The highest BCUT2D eigenvalue weighted by molar-refractivity contribution is 5.85. The standard InChI is InChI=1S/C17H25NO3.ClH/c19-12-4-7-17-8-10-18(11-9-17)15(16(17)20)13-21-14-5-2-1-3-6-14;/h1-3,5-6,15-16,19-20H,4,7-13H2;1H. The average Bonchev–Trinajstić information content (AvgIpc) is 2.54. The van der Waals surface area contributed by atoms with Crippen LogP contribution >= 0.6 is 12.4 Å². The molecule has 4 nitrogen and oxygen atoms in total. The zero-order valence-corrected chi connectivity index (χ0v) is 13.7. The highest BCUT2D eigenvalue weighted by atomic mass is 35.5. The molecule has 3 saturated heterocycles. The molecule has 5 heteroatoms. The van der Waals surface area contributed by atoms with Gasteiger partial charge in [0.2, 0.25) is 0 Å². The fourth-order valence-corrected chi connectivity index (χ4v) is 3.93. The van der Waals surface area contributed by atoms with Crippen LogP contribution in [0.1, 0.15) is 25.7 Å². The van der Waals surface area contributed by atoms with Crippen molar-refractivity contribution in [3.8, 4) is 5.75 Å². The van der Waals surface area contributed by atoms with Gasteiger partial charge in [0.1, 0.15) is 12.4 Å². The number of hydrogen-bond donors (Lipinski definition) is 2. The van der Waals surface area contributed by atoms with Gasteiger partial charge in [-0.2, -0.15) is 0 Å². The van der Waals surface area contributed by atoms with Crippen molar-refractivity contribution in [2.75, 3.05) is 26.3 Å². The van der Waals surface area contributed by atoms with Crippen LogP contribution in [0.5, 0.6) is 5.75 Å². The molecule has 4 rings (SSSR count). The number of fused-ring (bicyclic) bond motifs is 3. The Morgan fingerprint density at radius 2 is 1.86 bits per heavy atom. The van der Waals surface area contributed by atoms with E-state index < -0.39 is 0 Å². The van der Waals surface area contributed by atoms with E-state index in [1.165, 1.54) is 0 Å². The minimum Gasteiger partial charge on any atom is -0.492 e. The van der Waals surface area contributed by atoms with Crippen LogP contribution in [0, 0.1) is 5.41 Å². The Hall–Kier alpha value is -0.810. The van der Waals surface area contributed by atoms with E-state index in [0.717, 1.165) is 44.5 Å². The van der Waals surface area contributed by atoms with Crippen molar-refractivity contribution in [1.29, 1.82) is 0 Å². The van der Waals surface area contributed by atoms with Crippen LogP contribution < -0.4 is 4.74 Å². The molecule has 3 heterocycles. The topological polar surface area (TPSA) is 52.9 Å². The SMILES string of the molecule is Cl.OCCCC12CCN(CC1)C(COc1ccccc1)C2O. The summed E-state index contributed by atoms with van der Waals surface area (Å²) in [6, 6.07) is 9.86. The summed E-state index contributed by atoms with van der Waals surface area (Å²) in [5.41, 5.74) is -0.0117. The fraction of sp³-hybridized carbons (Fsp3) is 0.647. The molecule has 124 valence electrons. The zero-order valence-electron chi connectivity index (χ0n) is 12.9. The van der Waals surface area contributed by atoms with E-state index >= 15 is 0 Å². The van der Waals surface area contributed by atoms with Gasteiger partial charge in [-0.05, 0) is 50.9 Å². The fourth-order valence-electron chi connectivity index (χ4n) is 3.93. The van der Waals surface area contributed by atoms with E-state index in [-0.39, 0.29) is 36.6 Å². The zero-order chi connectivity index (χ0) is 14.7. The van der Waals surface area contributed by atoms with E-state index in [1.54, 1.807) is 0 Å². The summed E-state index contributed by atoms with van der Waals surface area (Å²) in [6.45, 7) is 2.81. The van der Waals surface area contributed by atoms with Crippen LogP contribution in [0.25, 0.3) is 0 Å². The number of rotatable bonds is 6. The molecule has 3 aliphatic rings. The first-order valence-electron chi connectivity index (χ1n) is 7.96. The molecule has 0 aliphatic carbocycles. The molecule has 2 unspecified atom stereocenters. The van der Waals surface area contributed by atoms with Crippen molar-refractivity contribution >= 4 is 12.4 Å². The van der Waals surface area contributed by atoms with Gasteiger partial charge in [0, 0.05) is 12.0 Å². The molecule has 3 fully saturated rings. The molecule has 2 bridgehead atoms. The van der Waals surface area contributed by atoms with E-state index in [4.69, 9.17) is 9.84 Å². The number of ether oxygens (including phenoxy) is 1. The molecule has 0 radical (unpaired) electrons. The first kappa shape index (κ1) is 17.5. The highest BCUT2D eigenvalue weighted by Crippen LogP contribution is 2.46. The lowest BCUT2D eigenvalue weighted by molar-refractivity contribution is -0.146. The highest BCUT2D eigenvalue weighted by Gasteiger charge is 2.51. The summed E-state index contributed by atoms with van der Waals surface area (Å²) < 4.78 is 5.87. The van der Waals surface area contributed by atoms with Gasteiger partial charge in [-0.15, -0.1) is 12.4 Å². The average molecular weight is 328 g/mol. The third kappa shape index (κ3) is 3.40. The first-order valence-corrected chi connectivity index (χ1v) is 7.96. The number of halogens is 1. The Morgan fingerprint density at radius 1 is 1.18 bits per heavy atom. The van der Waals surface area contributed by atoms with Gasteiger partial charge in [0.05, 0.1) is 12.1 Å². The smallest absolute Gasteiger partial charge is 0.119 e. The lowest BCUT2D eigenvalue weighted by Crippen LogP contribution is -2.65. The van der Waals surface area contributed by atoms with E-state index in [1.807, 2.05) is 30.3 Å². The molecule has 1 aromatic rings. The molecule has 0 spiro atoms. The predicted molar refractivity (Wildman–Crippen MR) is 88.5 cm³/mol. The molecule has 3 aliphatic heterocycles. The Kier molecular flexibility index (Phi) is 6.09. The quantitative estimate of drug-likeness (QED) is 0.840. The Bertz CT molecular complexity index is 448. The molecule has 1 aromatic carbocycles. The number of aliphatic hydroxyl groups is 2. The molecule has 0 amide bonds. The lowest BCUT2D eigenvalue weighted by atomic mass is 9.64. The number of hydrogen-bond acceptors (Lipinski definition) is 4. The van der Waals surface area contributed by atoms with Crippen LogP contribution in [-0.2, 0) is 0 Å². The van der Waals surface area contributed by atoms with Crippen LogP contribution in [0.3, 0.4) is 0 Å². The molecular formula is C17H26ClNO3. The van der Waals surface area contributed by atoms with Crippen LogP contribution in [0.4, 0.5) is 0 Å². The third-order valence-electron chi connectivity index (χ3n) is 5.25. The molecule has 0 aromatic heterocycles. The summed E-state index contributed by atoms with van der Waals surface area (Å²) >= 11 is 0. The first-order chi connectivity index (χ1) is 10.2. The number of aliphatic hydroxyl groups excluding tert-OH is 2. The maximum Gasteiger partial charge on any atom is 0.119 e. The Balaban J connectivity index is 0.00000176. The molecule has 2 N–H and O–H groups in total. The van der Waals surface area contributed by atoms with Crippen molar-refractivity contribution in [3.05, 3.63) is 30.3 Å². The van der Waals surface area contributed by atoms with Gasteiger partial charge in [-0.25, -0.2) is 0 Å². The van der Waals surface area contributed by atoms with Gasteiger partial charge in [0.15, 0.2) is 0 Å². The predicted octanol–water partition coefficient (Wildman–Crippen LogP) is 2.09. The minimum absolute atomic E-state index is 0. The number of para-hydroxylation sites is 1. The number of nitrogens with zero attached hydrogens (tertiary/aromatic N) is 1. The van der Waals surface area contributed by atoms with Crippen molar-refractivity contribution in [2.24, 2.45) is 5.41 Å². The van der Waals surface area contributed by atoms with Gasteiger partial charge in [-0.1, -0.05) is 18.2 Å². The Labute approximate surface area is 138 Å². The van der Waals surface area contributed by atoms with Crippen LogP contribution in [0.2, 0.25) is 0 Å². The molecule has 2 atom stereocenters. The summed E-state index contributed by atoms with van der Waals surface area (Å²) in [6.07, 6.45) is 3.42. The maximum atomic E-state index is 10.8. The monoisotopic (exact) mass is 327 g/mol. The second kappa shape index (κ2) is 7.64. The van der Waals surface area contributed by atoms with E-state index in [9.17, 15) is 5.11 Å². The van der Waals surface area contributed by atoms with E-state index in [0.29, 0.717) is 6.61 Å². The van der Waals surface area contributed by atoms with E-state index in [2.05, 4.69) is 4.90 Å². The van der Waals surface area contributed by atoms with Gasteiger partial charge in [0.25, 0.3) is 0 Å². The van der Waals surface area contributed by atoms with Gasteiger partial charge in [-0.3, -0.25) is 4.90 Å². The summed E-state index contributed by atoms with van der Waals surface area (Å²) in [5, 5.41) is 19.9. The van der Waals surface area contributed by atoms with Crippen LogP contribution in [0.15, 0.2) is 30.3 Å². The van der Waals surface area contributed by atoms with Gasteiger partial charge < -0.3 is 14.9 Å². The van der Waals surface area contributed by atoms with Crippen molar-refractivity contribution in [3.63, 3.8) is 0 Å². The molecule has 0 saturated carbocycles. The van der Waals surface area contributed by atoms with Crippen molar-refractivity contribution in [2.45, 2.75) is 37.8 Å². The second-order valence-corrected chi connectivity index (χ2v) is 6.36. The van der Waals surface area contributed by atoms with Crippen LogP contribution in [-0.4, -0.2) is 53.6 Å². The summed E-state index contributed by atoms with van der Waals surface area (Å²) in [7, 11) is 0. The van der Waals surface area contributed by atoms with Crippen molar-refractivity contribution in [1.82, 2.24) is 4.90 Å². The minimum atomic E-state index is -0.352. The molecular weight excluding hydrogens is 302 g/mol. The third-order valence-corrected chi connectivity index (χ3v) is 5.25. The summed E-state index contributed by atoms with van der Waals surface area (Å²) in [4.78, 5) is 2.36. The number of piperidine rings is 3. The second-order valence-electron chi connectivity index (χ2n) is 6.36. The lowest BCUT2D eigenvalue weighted by Gasteiger charge is -2.56. The Morgan fingerprint density at radius 3 is 2.50 bits per heavy atom. The molecule has 22 heavy (non-hydrogen) atoms. The normalized spacial score (nSPS) is 33.3.